The lowest BCUT2D eigenvalue weighted by atomic mass is 10.0. The van der Waals surface area contributed by atoms with Crippen molar-refractivity contribution in [2.24, 2.45) is 5.92 Å². The number of hydrogen-bond acceptors (Lipinski definition) is 3. The highest BCUT2D eigenvalue weighted by Gasteiger charge is 2.22. The first-order chi connectivity index (χ1) is 8.97. The van der Waals surface area contributed by atoms with Crippen LogP contribution in [-0.4, -0.2) is 43.7 Å². The van der Waals surface area contributed by atoms with Gasteiger partial charge in [-0.2, -0.15) is 0 Å². The lowest BCUT2D eigenvalue weighted by Gasteiger charge is -2.26. The first kappa shape index (κ1) is 14.8. The molecule has 0 radical (unpaired) electrons. The van der Waals surface area contributed by atoms with Crippen molar-refractivity contribution in [3.8, 4) is 0 Å². The van der Waals surface area contributed by atoms with E-state index in [4.69, 9.17) is 0 Å². The van der Waals surface area contributed by atoms with Gasteiger partial charge in [0.25, 0.3) is 0 Å². The summed E-state index contributed by atoms with van der Waals surface area (Å²) in [6.45, 7) is 5.23. The van der Waals surface area contributed by atoms with Crippen LogP contribution in [0.1, 0.15) is 25.0 Å². The summed E-state index contributed by atoms with van der Waals surface area (Å²) in [6, 6.07) is 6.09. The summed E-state index contributed by atoms with van der Waals surface area (Å²) in [5.74, 6) is 0.718. The van der Waals surface area contributed by atoms with Crippen LogP contribution in [0.2, 0.25) is 0 Å². The minimum Gasteiger partial charge on any atom is -0.389 e. The smallest absolute Gasteiger partial charge is 0.0782 e. The quantitative estimate of drug-likeness (QED) is 0.921. The van der Waals surface area contributed by atoms with Gasteiger partial charge in [0.05, 0.1) is 6.10 Å². The van der Waals surface area contributed by atoms with E-state index in [0.29, 0.717) is 0 Å². The molecule has 0 spiro atoms. The number of benzene rings is 1. The van der Waals surface area contributed by atoms with Crippen molar-refractivity contribution >= 4 is 21.6 Å². The molecular formula is C15H23BrN2O. The molecule has 0 aromatic heterocycles. The topological polar surface area (TPSA) is 26.7 Å². The minimum atomic E-state index is -0.434. The molecule has 0 saturated carbocycles. The molecular weight excluding hydrogens is 304 g/mol. The molecule has 1 aromatic rings. The van der Waals surface area contributed by atoms with Crippen LogP contribution in [0.4, 0.5) is 5.69 Å². The average Bonchev–Trinajstić information content (AvgIpc) is 2.74. The summed E-state index contributed by atoms with van der Waals surface area (Å²) in [4.78, 5) is 4.66. The second-order valence-electron chi connectivity index (χ2n) is 5.68. The van der Waals surface area contributed by atoms with Crippen molar-refractivity contribution in [3.63, 3.8) is 0 Å². The zero-order valence-corrected chi connectivity index (χ0v) is 13.5. The maximum atomic E-state index is 9.90. The second-order valence-corrected chi connectivity index (χ2v) is 6.59. The number of aliphatic hydroxyl groups is 1. The lowest BCUT2D eigenvalue weighted by molar-refractivity contribution is 0.199. The Morgan fingerprint density at radius 1 is 1.53 bits per heavy atom. The third-order valence-electron chi connectivity index (χ3n) is 3.87. The molecule has 0 aliphatic carbocycles. The van der Waals surface area contributed by atoms with E-state index in [9.17, 15) is 5.11 Å². The van der Waals surface area contributed by atoms with Gasteiger partial charge in [-0.3, -0.25) is 0 Å². The van der Waals surface area contributed by atoms with Crippen molar-refractivity contribution in [2.75, 3.05) is 38.6 Å². The summed E-state index contributed by atoms with van der Waals surface area (Å²) in [5.41, 5.74) is 2.12. The molecule has 0 amide bonds. The molecule has 4 heteroatoms. The van der Waals surface area contributed by atoms with Crippen molar-refractivity contribution in [1.29, 1.82) is 0 Å². The third-order valence-corrected chi connectivity index (χ3v) is 4.37. The summed E-state index contributed by atoms with van der Waals surface area (Å²) in [6.07, 6.45) is 0.829. The summed E-state index contributed by atoms with van der Waals surface area (Å²) in [5, 5.41) is 9.90. The summed E-state index contributed by atoms with van der Waals surface area (Å²) >= 11 is 3.52. The van der Waals surface area contributed by atoms with E-state index in [2.05, 4.69) is 45.9 Å². The SMILES string of the molecule is CC(O)c1ccc(Br)cc1N(C)CC1CCN(C)C1. The molecule has 2 unspecified atom stereocenters. The van der Waals surface area contributed by atoms with Gasteiger partial charge < -0.3 is 14.9 Å². The van der Waals surface area contributed by atoms with E-state index in [1.165, 1.54) is 19.5 Å². The molecule has 1 heterocycles. The van der Waals surface area contributed by atoms with E-state index in [1.54, 1.807) is 0 Å². The van der Waals surface area contributed by atoms with Crippen LogP contribution in [0.25, 0.3) is 0 Å². The van der Waals surface area contributed by atoms with Crippen LogP contribution < -0.4 is 4.90 Å². The second kappa shape index (κ2) is 6.25. The van der Waals surface area contributed by atoms with Gasteiger partial charge >= 0.3 is 0 Å². The number of likely N-dealkylation sites (tertiary alicyclic amines) is 1. The fourth-order valence-electron chi connectivity index (χ4n) is 2.86. The molecule has 3 nitrogen and oxygen atoms in total. The van der Waals surface area contributed by atoms with E-state index < -0.39 is 6.10 Å². The van der Waals surface area contributed by atoms with Gasteiger partial charge in [-0.15, -0.1) is 0 Å². The normalized spacial score (nSPS) is 21.6. The van der Waals surface area contributed by atoms with E-state index >= 15 is 0 Å². The molecule has 1 aliphatic heterocycles. The van der Waals surface area contributed by atoms with Crippen LogP contribution in [0.5, 0.6) is 0 Å². The Bertz CT molecular complexity index is 436. The van der Waals surface area contributed by atoms with Gasteiger partial charge in [0.2, 0.25) is 0 Å². The average molecular weight is 327 g/mol. The zero-order chi connectivity index (χ0) is 14.0. The largest absolute Gasteiger partial charge is 0.389 e. The molecule has 1 aromatic carbocycles. The number of aliphatic hydroxyl groups excluding tert-OH is 1. The standard InChI is InChI=1S/C15H23BrN2O/c1-11(19)14-5-4-13(16)8-15(14)18(3)10-12-6-7-17(2)9-12/h4-5,8,11-12,19H,6-7,9-10H2,1-3H3. The van der Waals surface area contributed by atoms with Gasteiger partial charge in [-0.05, 0) is 45.0 Å². The fraction of sp³-hybridized carbons (Fsp3) is 0.600. The number of nitrogens with zero attached hydrogens (tertiary/aromatic N) is 2. The fourth-order valence-corrected chi connectivity index (χ4v) is 3.21. The Morgan fingerprint density at radius 2 is 2.26 bits per heavy atom. The van der Waals surface area contributed by atoms with E-state index in [1.807, 2.05) is 19.1 Å². The Morgan fingerprint density at radius 3 is 2.84 bits per heavy atom. The van der Waals surface area contributed by atoms with Gasteiger partial charge in [-0.1, -0.05) is 22.0 Å². The highest BCUT2D eigenvalue weighted by atomic mass is 79.9. The van der Waals surface area contributed by atoms with Crippen LogP contribution >= 0.6 is 15.9 Å². The predicted molar refractivity (Wildman–Crippen MR) is 83.6 cm³/mol. The van der Waals surface area contributed by atoms with Crippen LogP contribution in [-0.2, 0) is 0 Å². The first-order valence-corrected chi connectivity index (χ1v) is 7.64. The van der Waals surface area contributed by atoms with E-state index in [0.717, 1.165) is 28.2 Å². The number of rotatable bonds is 4. The molecule has 1 saturated heterocycles. The van der Waals surface area contributed by atoms with Crippen molar-refractivity contribution in [1.82, 2.24) is 4.90 Å². The summed E-state index contributed by atoms with van der Waals surface area (Å²) in [7, 11) is 4.30. The Labute approximate surface area is 124 Å². The summed E-state index contributed by atoms with van der Waals surface area (Å²) < 4.78 is 1.06. The van der Waals surface area contributed by atoms with E-state index in [-0.39, 0.29) is 0 Å². The Balaban J connectivity index is 2.13. The number of anilines is 1. The van der Waals surface area contributed by atoms with Crippen molar-refractivity contribution < 1.29 is 5.11 Å². The first-order valence-electron chi connectivity index (χ1n) is 6.84. The van der Waals surface area contributed by atoms with Gasteiger partial charge in [0, 0.05) is 35.9 Å². The van der Waals surface area contributed by atoms with Crippen molar-refractivity contribution in [3.05, 3.63) is 28.2 Å². The van der Waals surface area contributed by atoms with Crippen LogP contribution in [0.15, 0.2) is 22.7 Å². The molecule has 106 valence electrons. The predicted octanol–water partition coefficient (Wildman–Crippen LogP) is 2.89. The molecule has 1 aliphatic rings. The molecule has 0 bridgehead atoms. The zero-order valence-electron chi connectivity index (χ0n) is 11.9. The van der Waals surface area contributed by atoms with Gasteiger partial charge in [0.15, 0.2) is 0 Å². The maximum absolute atomic E-state index is 9.90. The molecule has 2 atom stereocenters. The molecule has 2 rings (SSSR count). The molecule has 1 N–H and O–H groups in total. The van der Waals surface area contributed by atoms with Crippen molar-refractivity contribution in [2.45, 2.75) is 19.4 Å². The van der Waals surface area contributed by atoms with Crippen LogP contribution in [0.3, 0.4) is 0 Å². The monoisotopic (exact) mass is 326 g/mol. The maximum Gasteiger partial charge on any atom is 0.0782 e. The van der Waals surface area contributed by atoms with Crippen LogP contribution in [0, 0.1) is 5.92 Å². The highest BCUT2D eigenvalue weighted by molar-refractivity contribution is 9.10. The van der Waals surface area contributed by atoms with Gasteiger partial charge in [0.1, 0.15) is 0 Å². The molecule has 19 heavy (non-hydrogen) atoms. The molecule has 1 fully saturated rings. The van der Waals surface area contributed by atoms with Gasteiger partial charge in [-0.25, -0.2) is 0 Å². The number of halogens is 1. The number of hydrogen-bond donors (Lipinski definition) is 1. The lowest BCUT2D eigenvalue weighted by Crippen LogP contribution is -2.28. The third kappa shape index (κ3) is 3.71. The highest BCUT2D eigenvalue weighted by Crippen LogP contribution is 2.30. The Hall–Kier alpha value is -0.580. The minimum absolute atomic E-state index is 0.434. The Kier molecular flexibility index (Phi) is 4.87.